The number of carbonyl (C=O) groups is 1. The molecule has 32 heavy (non-hydrogen) atoms. The molecule has 5 heteroatoms. The van der Waals surface area contributed by atoms with Gasteiger partial charge in [-0.25, -0.2) is 0 Å². The van der Waals surface area contributed by atoms with Gasteiger partial charge in [0.25, 0.3) is 0 Å². The SMILES string of the molecule is CC.CC(=O)CCC/C=C\C[C@@H]1[C@@H](CC[C@@H](O)CCOCc2ccccc2)[C@H](O)C[C@@H]1O. The number of Topliss-reactive ketones (excluding diaryl/α,β-unsaturated/α-hetero) is 1. The Morgan fingerprint density at radius 3 is 2.47 bits per heavy atom. The third-order valence-corrected chi connectivity index (χ3v) is 6.04. The van der Waals surface area contributed by atoms with Gasteiger partial charge in [-0.05, 0) is 69.3 Å². The summed E-state index contributed by atoms with van der Waals surface area (Å²) in [6, 6.07) is 9.96. The molecule has 5 nitrogen and oxygen atoms in total. The Kier molecular flexibility index (Phi) is 15.2. The van der Waals surface area contributed by atoms with Crippen LogP contribution in [-0.4, -0.2) is 46.0 Å². The molecule has 5 atom stereocenters. The molecular formula is C27H44O5. The van der Waals surface area contributed by atoms with Gasteiger partial charge in [0.1, 0.15) is 5.78 Å². The van der Waals surface area contributed by atoms with Crippen LogP contribution in [0.1, 0.15) is 77.7 Å². The van der Waals surface area contributed by atoms with Crippen molar-refractivity contribution in [1.29, 1.82) is 0 Å². The molecule has 1 aliphatic carbocycles. The number of hydrogen-bond donors (Lipinski definition) is 3. The van der Waals surface area contributed by atoms with Crippen molar-refractivity contribution in [2.24, 2.45) is 11.8 Å². The molecule has 0 saturated heterocycles. The first-order valence-electron chi connectivity index (χ1n) is 12.3. The third kappa shape index (κ3) is 11.4. The zero-order chi connectivity index (χ0) is 23.8. The van der Waals surface area contributed by atoms with Crippen LogP contribution in [0.2, 0.25) is 0 Å². The predicted octanol–water partition coefficient (Wildman–Crippen LogP) is 4.82. The minimum atomic E-state index is -0.516. The van der Waals surface area contributed by atoms with Gasteiger partial charge < -0.3 is 24.9 Å². The zero-order valence-corrected chi connectivity index (χ0v) is 20.2. The summed E-state index contributed by atoms with van der Waals surface area (Å²) < 4.78 is 5.64. The van der Waals surface area contributed by atoms with E-state index in [9.17, 15) is 20.1 Å². The average molecular weight is 449 g/mol. The molecule has 0 aliphatic heterocycles. The summed E-state index contributed by atoms with van der Waals surface area (Å²) in [5.74, 6) is 0.231. The lowest BCUT2D eigenvalue weighted by Crippen LogP contribution is -2.23. The zero-order valence-electron chi connectivity index (χ0n) is 20.2. The average Bonchev–Trinajstić information content (AvgIpc) is 3.06. The van der Waals surface area contributed by atoms with E-state index in [1.54, 1.807) is 6.92 Å². The number of ether oxygens (including phenoxy) is 1. The van der Waals surface area contributed by atoms with Crippen LogP contribution in [0.25, 0.3) is 0 Å². The summed E-state index contributed by atoms with van der Waals surface area (Å²) in [5, 5.41) is 31.0. The number of allylic oxidation sites excluding steroid dienone is 2. The molecule has 1 saturated carbocycles. The highest BCUT2D eigenvalue weighted by Crippen LogP contribution is 2.38. The van der Waals surface area contributed by atoms with Gasteiger partial charge in [-0.3, -0.25) is 0 Å². The Hall–Kier alpha value is -1.53. The molecule has 2 rings (SSSR count). The second kappa shape index (κ2) is 17.0. The number of ketones is 1. The summed E-state index contributed by atoms with van der Waals surface area (Å²) in [4.78, 5) is 11.0. The van der Waals surface area contributed by atoms with Crippen LogP contribution in [0.15, 0.2) is 42.5 Å². The Morgan fingerprint density at radius 2 is 1.78 bits per heavy atom. The quantitative estimate of drug-likeness (QED) is 0.280. The van der Waals surface area contributed by atoms with Gasteiger partial charge in [0.05, 0.1) is 24.9 Å². The standard InChI is InChI=1S/C25H38O5.C2H6/c1-19(26)9-5-2-3-8-12-22-23(25(29)17-24(22)28)14-13-21(27)15-16-30-18-20-10-6-4-7-11-20;1-2/h3-4,6-8,10-11,21-25,27-29H,2,5,9,12-18H2,1H3;1-2H3/b8-3-;/t21-,22-,23-,24+,25-;/m1./s1. The predicted molar refractivity (Wildman–Crippen MR) is 129 cm³/mol. The van der Waals surface area contributed by atoms with Gasteiger partial charge in [0.2, 0.25) is 0 Å². The number of benzene rings is 1. The van der Waals surface area contributed by atoms with Gasteiger partial charge in [-0.1, -0.05) is 56.3 Å². The fourth-order valence-electron chi connectivity index (χ4n) is 4.26. The van der Waals surface area contributed by atoms with Gasteiger partial charge in [0.15, 0.2) is 0 Å². The molecule has 3 N–H and O–H groups in total. The van der Waals surface area contributed by atoms with Crippen molar-refractivity contribution in [2.45, 2.75) is 97.1 Å². The van der Waals surface area contributed by atoms with Crippen molar-refractivity contribution in [3.05, 3.63) is 48.0 Å². The van der Waals surface area contributed by atoms with Crippen molar-refractivity contribution >= 4 is 5.78 Å². The summed E-state index contributed by atoms with van der Waals surface area (Å²) in [6.45, 7) is 6.65. The monoisotopic (exact) mass is 448 g/mol. The second-order valence-corrected chi connectivity index (χ2v) is 8.56. The van der Waals surface area contributed by atoms with E-state index in [1.807, 2.05) is 44.2 Å². The van der Waals surface area contributed by atoms with Crippen LogP contribution >= 0.6 is 0 Å². The van der Waals surface area contributed by atoms with Crippen LogP contribution in [0, 0.1) is 11.8 Å². The van der Waals surface area contributed by atoms with Crippen LogP contribution in [0.4, 0.5) is 0 Å². The maximum absolute atomic E-state index is 11.0. The minimum absolute atomic E-state index is 0.00163. The van der Waals surface area contributed by atoms with Gasteiger partial charge in [0, 0.05) is 13.0 Å². The number of carbonyl (C=O) groups excluding carboxylic acids is 1. The highest BCUT2D eigenvalue weighted by Gasteiger charge is 2.40. The Balaban J connectivity index is 0.00000249. The Morgan fingerprint density at radius 1 is 1.09 bits per heavy atom. The highest BCUT2D eigenvalue weighted by atomic mass is 16.5. The van der Waals surface area contributed by atoms with Crippen LogP contribution < -0.4 is 0 Å². The van der Waals surface area contributed by atoms with Crippen molar-refractivity contribution in [1.82, 2.24) is 0 Å². The lowest BCUT2D eigenvalue weighted by Gasteiger charge is -2.23. The van der Waals surface area contributed by atoms with E-state index in [1.165, 1.54) is 0 Å². The number of hydrogen-bond acceptors (Lipinski definition) is 5. The smallest absolute Gasteiger partial charge is 0.129 e. The van der Waals surface area contributed by atoms with E-state index in [0.717, 1.165) is 24.8 Å². The lowest BCUT2D eigenvalue weighted by atomic mass is 9.86. The molecule has 182 valence electrons. The van der Waals surface area contributed by atoms with E-state index in [2.05, 4.69) is 12.2 Å². The molecule has 0 radical (unpaired) electrons. The molecule has 0 unspecified atom stereocenters. The first kappa shape index (κ1) is 28.5. The summed E-state index contributed by atoms with van der Waals surface area (Å²) >= 11 is 0. The van der Waals surface area contributed by atoms with Crippen molar-refractivity contribution in [3.63, 3.8) is 0 Å². The van der Waals surface area contributed by atoms with Crippen LogP contribution in [-0.2, 0) is 16.1 Å². The topological polar surface area (TPSA) is 87.0 Å². The lowest BCUT2D eigenvalue weighted by molar-refractivity contribution is -0.117. The molecule has 0 spiro atoms. The van der Waals surface area contributed by atoms with E-state index in [-0.39, 0.29) is 17.6 Å². The molecule has 1 aromatic rings. The first-order valence-corrected chi connectivity index (χ1v) is 12.3. The molecule has 0 heterocycles. The van der Waals surface area contributed by atoms with Crippen molar-refractivity contribution < 1.29 is 24.9 Å². The van der Waals surface area contributed by atoms with Crippen LogP contribution in [0.5, 0.6) is 0 Å². The summed E-state index contributed by atoms with van der Waals surface area (Å²) in [7, 11) is 0. The fourth-order valence-corrected chi connectivity index (χ4v) is 4.26. The molecular weight excluding hydrogens is 404 g/mol. The molecule has 0 aromatic heterocycles. The minimum Gasteiger partial charge on any atom is -0.393 e. The highest BCUT2D eigenvalue weighted by molar-refractivity contribution is 5.75. The summed E-state index contributed by atoms with van der Waals surface area (Å²) in [5.41, 5.74) is 1.12. The van der Waals surface area contributed by atoms with Gasteiger partial charge >= 0.3 is 0 Å². The number of aliphatic hydroxyl groups excluding tert-OH is 3. The van der Waals surface area contributed by atoms with Gasteiger partial charge in [-0.15, -0.1) is 0 Å². The number of unbranched alkanes of at least 4 members (excludes halogenated alkanes) is 1. The third-order valence-electron chi connectivity index (χ3n) is 6.04. The summed E-state index contributed by atoms with van der Waals surface area (Å²) in [6.07, 6.45) is 7.95. The van der Waals surface area contributed by atoms with Crippen molar-refractivity contribution in [2.75, 3.05) is 6.61 Å². The molecule has 1 aliphatic rings. The van der Waals surface area contributed by atoms with E-state index < -0.39 is 18.3 Å². The number of aliphatic hydroxyl groups is 3. The fraction of sp³-hybridized carbons (Fsp3) is 0.667. The van der Waals surface area contributed by atoms with E-state index in [4.69, 9.17) is 4.74 Å². The van der Waals surface area contributed by atoms with E-state index >= 15 is 0 Å². The normalized spacial score (nSPS) is 23.7. The van der Waals surface area contributed by atoms with E-state index in [0.29, 0.717) is 45.3 Å². The largest absolute Gasteiger partial charge is 0.393 e. The second-order valence-electron chi connectivity index (χ2n) is 8.56. The Labute approximate surface area is 194 Å². The van der Waals surface area contributed by atoms with Crippen LogP contribution in [0.3, 0.4) is 0 Å². The molecule has 1 aromatic carbocycles. The number of rotatable bonds is 14. The molecule has 1 fully saturated rings. The molecule has 0 amide bonds. The van der Waals surface area contributed by atoms with Crippen molar-refractivity contribution in [3.8, 4) is 0 Å². The van der Waals surface area contributed by atoms with Gasteiger partial charge in [-0.2, -0.15) is 0 Å². The molecule has 0 bridgehead atoms. The first-order chi connectivity index (χ1) is 15.5. The Bertz CT molecular complexity index is 630. The maximum atomic E-state index is 11.0. The maximum Gasteiger partial charge on any atom is 0.129 e.